The van der Waals surface area contributed by atoms with Gasteiger partial charge in [0.1, 0.15) is 11.3 Å². The molecule has 8 nitrogen and oxygen atoms in total. The summed E-state index contributed by atoms with van der Waals surface area (Å²) < 4.78 is 21.4. The van der Waals surface area contributed by atoms with E-state index in [-0.39, 0.29) is 29.0 Å². The molecule has 0 radical (unpaired) electrons. The van der Waals surface area contributed by atoms with Crippen LogP contribution in [0.1, 0.15) is 25.7 Å². The van der Waals surface area contributed by atoms with E-state index in [1.807, 2.05) is 20.2 Å². The number of rotatable bonds is 6. The summed E-state index contributed by atoms with van der Waals surface area (Å²) in [4.78, 5) is 26.6. The molecule has 1 amide bonds. The smallest absolute Gasteiger partial charge is 0.407 e. The van der Waals surface area contributed by atoms with E-state index in [9.17, 15) is 9.90 Å². The van der Waals surface area contributed by atoms with Crippen molar-refractivity contribution in [3.05, 3.63) is 22.4 Å². The maximum atomic E-state index is 15.0. The fourth-order valence-electron chi connectivity index (χ4n) is 5.21. The van der Waals surface area contributed by atoms with Crippen LogP contribution in [0.4, 0.5) is 15.0 Å². The Labute approximate surface area is 194 Å². The van der Waals surface area contributed by atoms with Crippen LogP contribution in [0.5, 0.6) is 6.01 Å². The van der Waals surface area contributed by atoms with Gasteiger partial charge in [-0.15, -0.1) is 0 Å². The van der Waals surface area contributed by atoms with Crippen molar-refractivity contribution < 1.29 is 19.0 Å². The van der Waals surface area contributed by atoms with Gasteiger partial charge in [0, 0.05) is 30.4 Å². The Morgan fingerprint density at radius 2 is 1.97 bits per heavy atom. The van der Waals surface area contributed by atoms with E-state index in [4.69, 9.17) is 9.72 Å². The fraction of sp³-hybridized carbons (Fsp3) is 0.591. The average Bonchev–Trinajstić information content (AvgIpc) is 3.44. The Hall–Kier alpha value is -2.20. The third kappa shape index (κ3) is 3.87. The van der Waals surface area contributed by atoms with Gasteiger partial charge in [-0.2, -0.15) is 9.97 Å². The highest BCUT2D eigenvalue weighted by Crippen LogP contribution is 2.46. The van der Waals surface area contributed by atoms with Gasteiger partial charge >= 0.3 is 12.1 Å². The largest absolute Gasteiger partial charge is 0.465 e. The molecule has 1 saturated carbocycles. The minimum absolute atomic E-state index is 0.0873. The van der Waals surface area contributed by atoms with Crippen LogP contribution in [0.2, 0.25) is 0 Å². The Kier molecular flexibility index (Phi) is 5.40. The van der Waals surface area contributed by atoms with E-state index in [0.29, 0.717) is 35.4 Å². The second kappa shape index (κ2) is 7.98. The molecule has 3 fully saturated rings. The predicted octanol–water partition coefficient (Wildman–Crippen LogP) is 3.58. The summed E-state index contributed by atoms with van der Waals surface area (Å²) in [5.74, 6) is 0.161. The molecule has 172 valence electrons. The Morgan fingerprint density at radius 3 is 2.56 bits per heavy atom. The lowest BCUT2D eigenvalue weighted by Gasteiger charge is -2.40. The molecule has 2 aliphatic heterocycles. The minimum atomic E-state index is -0.876. The molecule has 1 aromatic carbocycles. The summed E-state index contributed by atoms with van der Waals surface area (Å²) in [5.41, 5.74) is 0.314. The first kappa shape index (κ1) is 21.6. The van der Waals surface area contributed by atoms with Crippen molar-refractivity contribution in [1.29, 1.82) is 0 Å². The maximum absolute atomic E-state index is 15.0. The van der Waals surface area contributed by atoms with Gasteiger partial charge < -0.3 is 19.6 Å². The molecule has 2 atom stereocenters. The number of fused-ring (bicyclic) bond motifs is 3. The van der Waals surface area contributed by atoms with Gasteiger partial charge in [0.05, 0.1) is 23.2 Å². The zero-order chi connectivity index (χ0) is 22.6. The van der Waals surface area contributed by atoms with E-state index in [2.05, 4.69) is 30.7 Å². The summed E-state index contributed by atoms with van der Waals surface area (Å²) in [6, 6.07) is 3.46. The summed E-state index contributed by atoms with van der Waals surface area (Å²) in [6.45, 7) is 2.46. The first-order chi connectivity index (χ1) is 15.3. The molecule has 0 spiro atoms. The molecule has 1 N–H and O–H groups in total. The molecule has 5 rings (SSSR count). The third-order valence-corrected chi connectivity index (χ3v) is 7.45. The molecular weight excluding hydrogens is 481 g/mol. The SMILES string of the molecule is CN(C)CC1(COc2nc(N3CC4CCC(C3)N4C(=O)O)c3ccc(Br)c(F)c3n2)CC1. The highest BCUT2D eigenvalue weighted by Gasteiger charge is 2.45. The number of hydrogen-bond donors (Lipinski definition) is 1. The number of piperazine rings is 1. The number of carbonyl (C=O) groups is 1. The lowest BCUT2D eigenvalue weighted by Crippen LogP contribution is -2.55. The van der Waals surface area contributed by atoms with Crippen LogP contribution in [0.3, 0.4) is 0 Å². The Morgan fingerprint density at radius 1 is 1.28 bits per heavy atom. The number of hydrogen-bond acceptors (Lipinski definition) is 6. The predicted molar refractivity (Wildman–Crippen MR) is 122 cm³/mol. The fourth-order valence-corrected chi connectivity index (χ4v) is 5.53. The van der Waals surface area contributed by atoms with E-state index in [1.54, 1.807) is 11.0 Å². The van der Waals surface area contributed by atoms with Crippen molar-refractivity contribution in [2.75, 3.05) is 45.2 Å². The van der Waals surface area contributed by atoms with Gasteiger partial charge in [0.25, 0.3) is 0 Å². The van der Waals surface area contributed by atoms with Gasteiger partial charge in [-0.05, 0) is 67.8 Å². The quantitative estimate of drug-likeness (QED) is 0.639. The second-order valence-corrected chi connectivity index (χ2v) is 10.4. The number of aromatic nitrogens is 2. The number of anilines is 1. The zero-order valence-corrected chi connectivity index (χ0v) is 19.8. The Bertz CT molecular complexity index is 1050. The number of nitrogens with zero attached hydrogens (tertiary/aromatic N) is 5. The van der Waals surface area contributed by atoms with Crippen LogP contribution in [-0.2, 0) is 0 Å². The van der Waals surface area contributed by atoms with E-state index < -0.39 is 11.9 Å². The average molecular weight is 508 g/mol. The molecule has 1 aromatic heterocycles. The zero-order valence-electron chi connectivity index (χ0n) is 18.2. The molecule has 2 unspecified atom stereocenters. The molecule has 3 heterocycles. The van der Waals surface area contributed by atoms with Crippen LogP contribution < -0.4 is 9.64 Å². The number of ether oxygens (including phenoxy) is 1. The van der Waals surface area contributed by atoms with E-state index in [1.165, 1.54) is 0 Å². The third-order valence-electron chi connectivity index (χ3n) is 6.84. The lowest BCUT2D eigenvalue weighted by molar-refractivity contribution is 0.114. The number of amides is 1. The molecule has 10 heteroatoms. The number of carboxylic acid groups (broad SMARTS) is 1. The Balaban J connectivity index is 1.48. The van der Waals surface area contributed by atoms with Crippen LogP contribution in [0.15, 0.2) is 16.6 Å². The van der Waals surface area contributed by atoms with Gasteiger partial charge in [0.2, 0.25) is 0 Å². The van der Waals surface area contributed by atoms with Crippen molar-refractivity contribution in [2.24, 2.45) is 5.41 Å². The first-order valence-electron chi connectivity index (χ1n) is 11.0. The van der Waals surface area contributed by atoms with Crippen molar-refractivity contribution in [2.45, 2.75) is 37.8 Å². The molecule has 2 saturated heterocycles. The van der Waals surface area contributed by atoms with E-state index >= 15 is 4.39 Å². The van der Waals surface area contributed by atoms with Crippen LogP contribution in [0.25, 0.3) is 10.9 Å². The highest BCUT2D eigenvalue weighted by molar-refractivity contribution is 9.10. The standard InChI is InChI=1S/C22H27BrFN5O3/c1-27(2)11-22(7-8-22)12-32-20-25-18-15(5-6-16(23)17(18)24)19(26-20)28-9-13-3-4-14(10-28)29(13)21(30)31/h5-6,13-14H,3-4,7-12H2,1-2H3,(H,30,31). The van der Waals surface area contributed by atoms with E-state index in [0.717, 1.165) is 32.2 Å². The number of benzene rings is 1. The van der Waals surface area contributed by atoms with Gasteiger partial charge in [-0.1, -0.05) is 0 Å². The minimum Gasteiger partial charge on any atom is -0.465 e. The topological polar surface area (TPSA) is 82.0 Å². The summed E-state index contributed by atoms with van der Waals surface area (Å²) in [6.07, 6.45) is 2.96. The summed E-state index contributed by atoms with van der Waals surface area (Å²) >= 11 is 3.25. The van der Waals surface area contributed by atoms with Crippen molar-refractivity contribution in [3.63, 3.8) is 0 Å². The summed E-state index contributed by atoms with van der Waals surface area (Å²) in [5, 5.41) is 10.2. The molecule has 3 aliphatic rings. The first-order valence-corrected chi connectivity index (χ1v) is 11.8. The van der Waals surface area contributed by atoms with Gasteiger partial charge in [0.15, 0.2) is 5.82 Å². The van der Waals surface area contributed by atoms with Crippen LogP contribution in [0, 0.1) is 11.2 Å². The molecule has 2 aromatic rings. The highest BCUT2D eigenvalue weighted by atomic mass is 79.9. The lowest BCUT2D eigenvalue weighted by atomic mass is 10.1. The van der Waals surface area contributed by atoms with Crippen molar-refractivity contribution in [3.8, 4) is 6.01 Å². The van der Waals surface area contributed by atoms with Crippen LogP contribution in [-0.4, -0.2) is 83.4 Å². The maximum Gasteiger partial charge on any atom is 0.407 e. The summed E-state index contributed by atoms with van der Waals surface area (Å²) in [7, 11) is 4.09. The van der Waals surface area contributed by atoms with Gasteiger partial charge in [-0.25, -0.2) is 9.18 Å². The number of halogens is 2. The molecule has 1 aliphatic carbocycles. The molecular formula is C22H27BrFN5O3. The second-order valence-electron chi connectivity index (χ2n) is 9.59. The van der Waals surface area contributed by atoms with Crippen molar-refractivity contribution in [1.82, 2.24) is 19.8 Å². The molecule has 2 bridgehead atoms. The van der Waals surface area contributed by atoms with Crippen molar-refractivity contribution >= 4 is 38.7 Å². The normalized spacial score (nSPS) is 23.8. The molecule has 32 heavy (non-hydrogen) atoms. The van der Waals surface area contributed by atoms with Crippen LogP contribution >= 0.6 is 15.9 Å². The monoisotopic (exact) mass is 507 g/mol. The van der Waals surface area contributed by atoms with Gasteiger partial charge in [-0.3, -0.25) is 4.90 Å².